The van der Waals surface area contributed by atoms with Crippen molar-refractivity contribution < 1.29 is 23.6 Å². The molecule has 0 bridgehead atoms. The van der Waals surface area contributed by atoms with E-state index in [2.05, 4.69) is 10.3 Å². The zero-order valence-electron chi connectivity index (χ0n) is 20.4. The normalized spacial score (nSPS) is 17.3. The Labute approximate surface area is 227 Å². The van der Waals surface area contributed by atoms with E-state index in [1.54, 1.807) is 47.4 Å². The van der Waals surface area contributed by atoms with E-state index in [9.17, 15) is 9.90 Å². The molecule has 2 fully saturated rings. The molecule has 0 unspecified atom stereocenters. The first-order chi connectivity index (χ1) is 18.3. The monoisotopic (exact) mass is 558 g/mol. The summed E-state index contributed by atoms with van der Waals surface area (Å²) in [5.74, 6) is 0.0573. The van der Waals surface area contributed by atoms with Gasteiger partial charge < -0.3 is 14.4 Å². The SMILES string of the molecule is O=C(O)c1ccc2c(cnn2N2CCC(F)(COCc3c(-c4c(Cl)cccc4Cl)noc3C3CC3)CC2)c1. The maximum Gasteiger partial charge on any atom is 0.335 e. The lowest BCUT2D eigenvalue weighted by Crippen LogP contribution is -2.49. The van der Waals surface area contributed by atoms with Crippen LogP contribution in [0.25, 0.3) is 22.2 Å². The molecule has 1 saturated heterocycles. The molecule has 2 aromatic carbocycles. The summed E-state index contributed by atoms with van der Waals surface area (Å²) in [5, 5.41) is 21.5. The largest absolute Gasteiger partial charge is 0.478 e. The third-order valence-electron chi connectivity index (χ3n) is 7.27. The van der Waals surface area contributed by atoms with Gasteiger partial charge in [0.25, 0.3) is 0 Å². The number of aromatic carboxylic acids is 1. The van der Waals surface area contributed by atoms with Crippen LogP contribution in [0.1, 0.15) is 53.3 Å². The fourth-order valence-corrected chi connectivity index (χ4v) is 5.57. The molecular formula is C27H25Cl2FN4O4. The molecule has 0 radical (unpaired) electrons. The van der Waals surface area contributed by atoms with Crippen LogP contribution < -0.4 is 5.01 Å². The van der Waals surface area contributed by atoms with E-state index >= 15 is 4.39 Å². The summed E-state index contributed by atoms with van der Waals surface area (Å²) in [7, 11) is 0. The van der Waals surface area contributed by atoms with Gasteiger partial charge in [-0.3, -0.25) is 5.01 Å². The number of hydrogen-bond acceptors (Lipinski definition) is 6. The van der Waals surface area contributed by atoms with Crippen molar-refractivity contribution in [2.75, 3.05) is 24.7 Å². The van der Waals surface area contributed by atoms with Crippen molar-refractivity contribution in [2.45, 2.75) is 43.9 Å². The molecular weight excluding hydrogens is 534 g/mol. The van der Waals surface area contributed by atoms with Gasteiger partial charge in [0.2, 0.25) is 0 Å². The second-order valence-electron chi connectivity index (χ2n) is 9.96. The van der Waals surface area contributed by atoms with Crippen LogP contribution in [0.15, 0.2) is 47.1 Å². The van der Waals surface area contributed by atoms with Crippen molar-refractivity contribution in [3.63, 3.8) is 0 Å². The fraction of sp³-hybridized carbons (Fsp3) is 0.370. The molecule has 198 valence electrons. The van der Waals surface area contributed by atoms with Crippen LogP contribution in [-0.4, -0.2) is 51.5 Å². The average molecular weight is 559 g/mol. The van der Waals surface area contributed by atoms with Crippen molar-refractivity contribution in [3.05, 3.63) is 69.5 Å². The second-order valence-corrected chi connectivity index (χ2v) is 10.8. The first-order valence-electron chi connectivity index (χ1n) is 12.5. The number of piperidine rings is 1. The molecule has 11 heteroatoms. The van der Waals surface area contributed by atoms with Gasteiger partial charge in [0, 0.05) is 48.4 Å². The van der Waals surface area contributed by atoms with Crippen LogP contribution in [0, 0.1) is 0 Å². The van der Waals surface area contributed by atoms with Crippen molar-refractivity contribution >= 4 is 40.1 Å². The van der Waals surface area contributed by atoms with Gasteiger partial charge in [-0.25, -0.2) is 9.18 Å². The maximum absolute atomic E-state index is 15.8. The zero-order valence-corrected chi connectivity index (χ0v) is 21.9. The van der Waals surface area contributed by atoms with Crippen molar-refractivity contribution in [3.8, 4) is 11.3 Å². The van der Waals surface area contributed by atoms with Crippen molar-refractivity contribution in [1.82, 2.24) is 15.0 Å². The third kappa shape index (κ3) is 4.74. The van der Waals surface area contributed by atoms with E-state index in [4.69, 9.17) is 32.5 Å². The highest BCUT2D eigenvalue weighted by Gasteiger charge is 2.37. The van der Waals surface area contributed by atoms with Gasteiger partial charge in [-0.05, 0) is 43.2 Å². The number of benzene rings is 2. The third-order valence-corrected chi connectivity index (χ3v) is 7.90. The van der Waals surface area contributed by atoms with E-state index in [0.717, 1.165) is 35.1 Å². The Hall–Kier alpha value is -3.14. The molecule has 1 aliphatic heterocycles. The summed E-state index contributed by atoms with van der Waals surface area (Å²) >= 11 is 12.9. The molecule has 0 atom stereocenters. The Kier molecular flexibility index (Phi) is 6.53. The van der Waals surface area contributed by atoms with E-state index in [1.165, 1.54) is 0 Å². The predicted octanol–water partition coefficient (Wildman–Crippen LogP) is 6.23. The standard InChI is InChI=1S/C27H25Cl2FN4O4/c28-20-2-1-3-21(29)23(20)24-19(25(38-32-24)16-4-5-16)14-37-15-27(30)8-10-33(11-9-27)34-22-7-6-17(26(35)36)12-18(22)13-31-34/h1-3,6-7,12-13,16H,4-5,8-11,14-15H2,(H,35,36). The highest BCUT2D eigenvalue weighted by molar-refractivity contribution is 6.39. The average Bonchev–Trinajstić information content (AvgIpc) is 3.53. The van der Waals surface area contributed by atoms with E-state index < -0.39 is 11.6 Å². The second kappa shape index (κ2) is 9.87. The van der Waals surface area contributed by atoms with Gasteiger partial charge in [0.1, 0.15) is 17.1 Å². The maximum atomic E-state index is 15.8. The summed E-state index contributed by atoms with van der Waals surface area (Å²) in [4.78, 5) is 13.0. The number of fused-ring (bicyclic) bond motifs is 1. The van der Waals surface area contributed by atoms with Crippen LogP contribution in [0.5, 0.6) is 0 Å². The summed E-state index contributed by atoms with van der Waals surface area (Å²) in [6.45, 7) is 0.974. The first kappa shape index (κ1) is 25.2. The molecule has 0 amide bonds. The molecule has 0 spiro atoms. The number of carboxylic acids is 1. The zero-order chi connectivity index (χ0) is 26.4. The fourth-order valence-electron chi connectivity index (χ4n) is 4.99. The highest BCUT2D eigenvalue weighted by Crippen LogP contribution is 2.46. The van der Waals surface area contributed by atoms with Gasteiger partial charge >= 0.3 is 5.97 Å². The lowest BCUT2D eigenvalue weighted by molar-refractivity contribution is -0.0103. The number of aromatic nitrogens is 3. The Morgan fingerprint density at radius 1 is 1.18 bits per heavy atom. The molecule has 38 heavy (non-hydrogen) atoms. The van der Waals surface area contributed by atoms with Crippen molar-refractivity contribution in [2.24, 2.45) is 0 Å². The van der Waals surface area contributed by atoms with Gasteiger partial charge in [0.05, 0.1) is 40.5 Å². The summed E-state index contributed by atoms with van der Waals surface area (Å²) < 4.78 is 27.4. The Morgan fingerprint density at radius 3 is 2.61 bits per heavy atom. The number of hydrogen-bond donors (Lipinski definition) is 1. The van der Waals surface area contributed by atoms with Crippen LogP contribution in [-0.2, 0) is 11.3 Å². The minimum atomic E-state index is -1.49. The molecule has 4 aromatic rings. The molecule has 6 rings (SSSR count). The quantitative estimate of drug-likeness (QED) is 0.274. The number of alkyl halides is 1. The van der Waals surface area contributed by atoms with Crippen LogP contribution >= 0.6 is 23.2 Å². The molecule has 3 heterocycles. The molecule has 1 saturated carbocycles. The highest BCUT2D eigenvalue weighted by atomic mass is 35.5. The van der Waals surface area contributed by atoms with Gasteiger partial charge in [0.15, 0.2) is 0 Å². The van der Waals surface area contributed by atoms with Gasteiger partial charge in [-0.2, -0.15) is 9.89 Å². The van der Waals surface area contributed by atoms with Crippen LogP contribution in [0.3, 0.4) is 0 Å². The molecule has 8 nitrogen and oxygen atoms in total. The topological polar surface area (TPSA) is 93.6 Å². The van der Waals surface area contributed by atoms with E-state index in [-0.39, 0.29) is 37.5 Å². The van der Waals surface area contributed by atoms with Gasteiger partial charge in [-0.1, -0.05) is 34.4 Å². The van der Waals surface area contributed by atoms with Crippen LogP contribution in [0.2, 0.25) is 10.0 Å². The summed E-state index contributed by atoms with van der Waals surface area (Å²) in [5.41, 5.74) is 1.40. The van der Waals surface area contributed by atoms with Crippen molar-refractivity contribution in [1.29, 1.82) is 0 Å². The molecule has 2 aromatic heterocycles. The van der Waals surface area contributed by atoms with Gasteiger partial charge in [-0.15, -0.1) is 0 Å². The molecule has 1 N–H and O–H groups in total. The summed E-state index contributed by atoms with van der Waals surface area (Å²) in [6, 6.07) is 10.1. The number of rotatable bonds is 8. The Balaban J connectivity index is 1.13. The lowest BCUT2D eigenvalue weighted by atomic mass is 9.95. The molecule has 1 aliphatic carbocycles. The van der Waals surface area contributed by atoms with E-state index in [1.807, 2.05) is 5.01 Å². The van der Waals surface area contributed by atoms with E-state index in [0.29, 0.717) is 34.4 Å². The number of ether oxygens (including phenoxy) is 1. The Morgan fingerprint density at radius 2 is 1.92 bits per heavy atom. The number of carbonyl (C=O) groups is 1. The Bertz CT molecular complexity index is 1490. The lowest BCUT2D eigenvalue weighted by Gasteiger charge is -2.37. The minimum Gasteiger partial charge on any atom is -0.478 e. The number of halogens is 3. The number of nitrogens with zero attached hydrogens (tertiary/aromatic N) is 4. The first-order valence-corrected chi connectivity index (χ1v) is 13.2. The summed E-state index contributed by atoms with van der Waals surface area (Å²) in [6.07, 6.45) is 4.19. The van der Waals surface area contributed by atoms with Crippen LogP contribution in [0.4, 0.5) is 4.39 Å². The predicted molar refractivity (Wildman–Crippen MR) is 141 cm³/mol. The number of carboxylic acid groups (broad SMARTS) is 1. The minimum absolute atomic E-state index is 0.0619. The molecule has 2 aliphatic rings. The smallest absolute Gasteiger partial charge is 0.335 e.